The summed E-state index contributed by atoms with van der Waals surface area (Å²) in [4.78, 5) is 2.38. The highest BCUT2D eigenvalue weighted by Crippen LogP contribution is 2.54. The van der Waals surface area contributed by atoms with Crippen LogP contribution in [0.15, 0.2) is 158 Å². The van der Waals surface area contributed by atoms with Gasteiger partial charge in [0.2, 0.25) is 0 Å². The van der Waals surface area contributed by atoms with Crippen LogP contribution in [0.1, 0.15) is 72.9 Å². The molecule has 6 aromatic rings. The van der Waals surface area contributed by atoms with E-state index in [1.165, 1.54) is 66.9 Å². The topological polar surface area (TPSA) is 3.24 Å². The Morgan fingerprint density at radius 3 is 1.80 bits per heavy atom. The van der Waals surface area contributed by atoms with Crippen LogP contribution >= 0.6 is 0 Å². The average Bonchev–Trinajstić information content (AvgIpc) is 3.47. The number of fused-ring (bicyclic) bond motifs is 3. The Bertz CT molecular complexity index is 2230. The van der Waals surface area contributed by atoms with Crippen molar-refractivity contribution in [1.82, 2.24) is 0 Å². The molecule has 0 unspecified atom stereocenters. The molecule has 0 N–H and O–H groups in total. The maximum atomic E-state index is 2.46. The number of allylic oxidation sites excluding steroid dienone is 4. The molecule has 0 atom stereocenters. The Hall–Kier alpha value is -5.66. The minimum absolute atomic E-state index is 0.0403. The molecule has 0 saturated heterocycles. The van der Waals surface area contributed by atoms with Crippen molar-refractivity contribution in [3.63, 3.8) is 0 Å². The number of hydrogen-bond acceptors (Lipinski definition) is 1. The molecule has 1 heteroatoms. The monoisotopic (exact) mass is 659 g/mol. The number of hydrogen-bond donors (Lipinski definition) is 0. The molecule has 0 aliphatic heterocycles. The van der Waals surface area contributed by atoms with E-state index in [0.29, 0.717) is 0 Å². The van der Waals surface area contributed by atoms with Crippen molar-refractivity contribution in [3.8, 4) is 22.3 Å². The second-order valence-corrected chi connectivity index (χ2v) is 14.0. The minimum atomic E-state index is -0.0403. The molecule has 0 amide bonds. The van der Waals surface area contributed by atoms with Crippen molar-refractivity contribution in [3.05, 3.63) is 191 Å². The van der Waals surface area contributed by atoms with Gasteiger partial charge in [-0.05, 0) is 136 Å². The van der Waals surface area contributed by atoms with Gasteiger partial charge in [-0.2, -0.15) is 0 Å². The summed E-state index contributed by atoms with van der Waals surface area (Å²) in [5.74, 6) is 0. The minimum Gasteiger partial charge on any atom is -0.310 e. The number of anilines is 3. The highest BCUT2D eigenvalue weighted by Gasteiger charge is 2.41. The Morgan fingerprint density at radius 1 is 0.549 bits per heavy atom. The molecule has 0 spiro atoms. The van der Waals surface area contributed by atoms with Gasteiger partial charge in [0.1, 0.15) is 0 Å². The molecule has 0 fully saturated rings. The first-order valence-electron chi connectivity index (χ1n) is 18.5. The van der Waals surface area contributed by atoms with Crippen LogP contribution in [0, 0.1) is 6.92 Å². The molecule has 0 radical (unpaired) electrons. The van der Waals surface area contributed by atoms with E-state index in [1.807, 2.05) is 0 Å². The number of aryl methyl sites for hydroxylation is 1. The van der Waals surface area contributed by atoms with E-state index < -0.39 is 0 Å². The Kier molecular flexibility index (Phi) is 8.88. The number of para-hydroxylation sites is 2. The summed E-state index contributed by atoms with van der Waals surface area (Å²) in [6.07, 6.45) is 15.8. The third-order valence-electron chi connectivity index (χ3n) is 11.0. The molecule has 0 saturated carbocycles. The van der Waals surface area contributed by atoms with Gasteiger partial charge in [-0.3, -0.25) is 0 Å². The summed E-state index contributed by atoms with van der Waals surface area (Å²) >= 11 is 0. The fourth-order valence-corrected chi connectivity index (χ4v) is 8.28. The Labute approximate surface area is 304 Å². The van der Waals surface area contributed by atoms with Crippen LogP contribution in [0.25, 0.3) is 40.0 Å². The van der Waals surface area contributed by atoms with E-state index >= 15 is 0 Å². The van der Waals surface area contributed by atoms with Gasteiger partial charge in [0.05, 0.1) is 0 Å². The fourth-order valence-electron chi connectivity index (χ4n) is 8.28. The molecular weight excluding hydrogens is 615 g/mol. The molecule has 0 bridgehead atoms. The van der Waals surface area contributed by atoms with Crippen LogP contribution in [0.4, 0.5) is 17.1 Å². The van der Waals surface area contributed by atoms with E-state index in [4.69, 9.17) is 0 Å². The molecule has 2 aliphatic rings. The zero-order valence-corrected chi connectivity index (χ0v) is 29.9. The van der Waals surface area contributed by atoms with Crippen LogP contribution < -0.4 is 4.90 Å². The van der Waals surface area contributed by atoms with Crippen molar-refractivity contribution in [1.29, 1.82) is 0 Å². The molecule has 0 aromatic heterocycles. The quantitative estimate of drug-likeness (QED) is 0.140. The van der Waals surface area contributed by atoms with Gasteiger partial charge in [0.25, 0.3) is 0 Å². The molecule has 0 heterocycles. The third-order valence-corrected chi connectivity index (χ3v) is 11.0. The van der Waals surface area contributed by atoms with E-state index in [9.17, 15) is 0 Å². The van der Waals surface area contributed by atoms with Gasteiger partial charge in [0, 0.05) is 22.5 Å². The van der Waals surface area contributed by atoms with E-state index in [1.54, 1.807) is 0 Å². The lowest BCUT2D eigenvalue weighted by Gasteiger charge is -2.32. The van der Waals surface area contributed by atoms with Crippen molar-refractivity contribution in [2.45, 2.75) is 51.9 Å². The van der Waals surface area contributed by atoms with Gasteiger partial charge >= 0.3 is 0 Å². The van der Waals surface area contributed by atoms with Crippen LogP contribution in [-0.4, -0.2) is 0 Å². The predicted octanol–water partition coefficient (Wildman–Crippen LogP) is 14.1. The maximum Gasteiger partial charge on any atom is 0.0465 e. The molecule has 8 rings (SSSR count). The lowest BCUT2D eigenvalue weighted by atomic mass is 9.73. The van der Waals surface area contributed by atoms with E-state index in [2.05, 4.69) is 196 Å². The van der Waals surface area contributed by atoms with Crippen molar-refractivity contribution < 1.29 is 0 Å². The van der Waals surface area contributed by atoms with Crippen molar-refractivity contribution in [2.75, 3.05) is 4.90 Å². The third kappa shape index (κ3) is 6.19. The standard InChI is InChI=1S/C50H45N/c1-4-50(5-2)48-33-38(22-21-37-23-26-40(27-24-37)42-32-36(3)31-41(34-42)39-15-9-6-10-16-39)25-29-46(48)47-30-28-45(35-49(47)50)51(43-17-11-7-12-18-43)44-19-13-8-14-20-44/h7-9,11-35H,4-6,10H2,1-3H3/b22-21+. The zero-order chi connectivity index (χ0) is 34.8. The number of rotatable bonds is 9. The van der Waals surface area contributed by atoms with Gasteiger partial charge in [0.15, 0.2) is 0 Å². The largest absolute Gasteiger partial charge is 0.310 e. The van der Waals surface area contributed by atoms with Crippen molar-refractivity contribution >= 4 is 34.8 Å². The van der Waals surface area contributed by atoms with E-state index in [0.717, 1.165) is 37.1 Å². The molecule has 2 aliphatic carbocycles. The fraction of sp³-hybridized carbons (Fsp3) is 0.160. The highest BCUT2D eigenvalue weighted by molar-refractivity contribution is 5.87. The van der Waals surface area contributed by atoms with Gasteiger partial charge in [-0.25, -0.2) is 0 Å². The van der Waals surface area contributed by atoms with Crippen molar-refractivity contribution in [2.24, 2.45) is 0 Å². The number of benzene rings is 6. The first kappa shape index (κ1) is 32.5. The lowest BCUT2D eigenvalue weighted by molar-refractivity contribution is 0.490. The zero-order valence-electron chi connectivity index (χ0n) is 29.9. The van der Waals surface area contributed by atoms with Gasteiger partial charge in [-0.1, -0.05) is 141 Å². The Balaban J connectivity index is 1.09. The summed E-state index contributed by atoms with van der Waals surface area (Å²) in [5.41, 5.74) is 18.0. The summed E-state index contributed by atoms with van der Waals surface area (Å²) in [5, 5.41) is 0. The second-order valence-electron chi connectivity index (χ2n) is 14.0. The molecule has 250 valence electrons. The number of nitrogens with zero attached hydrogens (tertiary/aromatic N) is 1. The van der Waals surface area contributed by atoms with Gasteiger partial charge < -0.3 is 4.90 Å². The molecular formula is C50H45N. The van der Waals surface area contributed by atoms with E-state index in [-0.39, 0.29) is 5.41 Å². The summed E-state index contributed by atoms with van der Waals surface area (Å²) in [7, 11) is 0. The smallest absolute Gasteiger partial charge is 0.0465 e. The summed E-state index contributed by atoms with van der Waals surface area (Å²) in [6.45, 7) is 6.90. The highest BCUT2D eigenvalue weighted by atomic mass is 15.1. The first-order chi connectivity index (χ1) is 25.1. The SMILES string of the molecule is CCC1(CC)c2cc(/C=C/c3ccc(-c4cc(C)cc(C5=CCCC=C5)c4)cc3)ccc2-c2ccc(N(c3ccccc3)c3ccccc3)cc21. The summed E-state index contributed by atoms with van der Waals surface area (Å²) < 4.78 is 0. The molecule has 6 aromatic carbocycles. The average molecular weight is 660 g/mol. The van der Waals surface area contributed by atoms with Crippen LogP contribution in [0.5, 0.6) is 0 Å². The van der Waals surface area contributed by atoms with Crippen LogP contribution in [0.3, 0.4) is 0 Å². The first-order valence-corrected chi connectivity index (χ1v) is 18.5. The Morgan fingerprint density at radius 2 is 1.16 bits per heavy atom. The van der Waals surface area contributed by atoms with Crippen LogP contribution in [-0.2, 0) is 5.41 Å². The van der Waals surface area contributed by atoms with Gasteiger partial charge in [-0.15, -0.1) is 0 Å². The normalized spacial score (nSPS) is 14.3. The molecule has 51 heavy (non-hydrogen) atoms. The lowest BCUT2D eigenvalue weighted by Crippen LogP contribution is -2.23. The molecule has 1 nitrogen and oxygen atoms in total. The second kappa shape index (κ2) is 13.9. The summed E-state index contributed by atoms with van der Waals surface area (Å²) in [6, 6.07) is 51.5. The predicted molar refractivity (Wildman–Crippen MR) is 220 cm³/mol. The van der Waals surface area contributed by atoms with Crippen LogP contribution in [0.2, 0.25) is 0 Å². The maximum absolute atomic E-state index is 2.46.